The molecule has 1 aromatic carbocycles. The van der Waals surface area contributed by atoms with Crippen molar-refractivity contribution in [2.24, 2.45) is 11.7 Å². The molecule has 1 aromatic heterocycles. The first-order valence-corrected chi connectivity index (χ1v) is 8.45. The summed E-state index contributed by atoms with van der Waals surface area (Å²) in [6.07, 6.45) is 7.77. The van der Waals surface area contributed by atoms with Gasteiger partial charge >= 0.3 is 0 Å². The van der Waals surface area contributed by atoms with Crippen molar-refractivity contribution in [1.82, 2.24) is 10.3 Å². The highest BCUT2D eigenvalue weighted by Crippen LogP contribution is 2.25. The van der Waals surface area contributed by atoms with Crippen molar-refractivity contribution in [2.75, 3.05) is 6.54 Å². The lowest BCUT2D eigenvalue weighted by molar-refractivity contribution is 0.0907. The lowest BCUT2D eigenvalue weighted by atomic mass is 9.84. The van der Waals surface area contributed by atoms with E-state index in [1.807, 2.05) is 12.1 Å². The van der Waals surface area contributed by atoms with Gasteiger partial charge in [0.1, 0.15) is 11.5 Å². The molecule has 1 saturated carbocycles. The summed E-state index contributed by atoms with van der Waals surface area (Å²) in [6.45, 7) is 0.621. The van der Waals surface area contributed by atoms with Crippen LogP contribution in [0.5, 0.6) is 11.5 Å². The fourth-order valence-electron chi connectivity index (χ4n) is 3.17. The number of hydrogen-bond acceptors (Lipinski definition) is 4. The molecular formula is C19H23N3O2. The Labute approximate surface area is 142 Å². The molecule has 1 fully saturated rings. The molecule has 2 atom stereocenters. The van der Waals surface area contributed by atoms with Crippen molar-refractivity contribution >= 4 is 5.91 Å². The Morgan fingerprint density at radius 1 is 1.17 bits per heavy atom. The van der Waals surface area contributed by atoms with Gasteiger partial charge in [-0.1, -0.05) is 18.9 Å². The number of carbonyl (C=O) groups is 1. The average Bonchev–Trinajstić information content (AvgIpc) is 2.63. The summed E-state index contributed by atoms with van der Waals surface area (Å²) in [5.41, 5.74) is 6.44. The molecule has 0 spiro atoms. The van der Waals surface area contributed by atoms with Crippen LogP contribution in [0.25, 0.3) is 0 Å². The number of benzene rings is 1. The standard InChI is InChI=1S/C19H23N3O2/c20-13-15-4-1-2-7-18(15)22-19(23)14-5-3-6-17(12-14)24-16-8-10-21-11-9-16/h3,5-6,8-12,15,18H,1-2,4,7,13,20H2,(H,22,23). The first kappa shape index (κ1) is 16.5. The van der Waals surface area contributed by atoms with E-state index in [4.69, 9.17) is 10.5 Å². The van der Waals surface area contributed by atoms with Gasteiger partial charge in [0.05, 0.1) is 0 Å². The van der Waals surface area contributed by atoms with E-state index in [1.165, 1.54) is 6.42 Å². The second-order valence-electron chi connectivity index (χ2n) is 6.17. The summed E-state index contributed by atoms with van der Waals surface area (Å²) in [6, 6.07) is 10.9. The van der Waals surface area contributed by atoms with Crippen LogP contribution in [0.15, 0.2) is 48.8 Å². The molecule has 1 heterocycles. The molecule has 0 saturated heterocycles. The average molecular weight is 325 g/mol. The van der Waals surface area contributed by atoms with Crippen molar-refractivity contribution in [3.05, 3.63) is 54.4 Å². The van der Waals surface area contributed by atoms with Gasteiger partial charge in [-0.25, -0.2) is 0 Å². The zero-order valence-corrected chi connectivity index (χ0v) is 13.7. The van der Waals surface area contributed by atoms with E-state index < -0.39 is 0 Å². The molecule has 0 radical (unpaired) electrons. The Hall–Kier alpha value is -2.40. The number of nitrogens with two attached hydrogens (primary N) is 1. The smallest absolute Gasteiger partial charge is 0.251 e. The van der Waals surface area contributed by atoms with E-state index in [9.17, 15) is 4.79 Å². The molecule has 2 unspecified atom stereocenters. The normalized spacial score (nSPS) is 20.4. The summed E-state index contributed by atoms with van der Waals surface area (Å²) in [4.78, 5) is 16.5. The third-order valence-electron chi connectivity index (χ3n) is 4.51. The molecule has 0 bridgehead atoms. The second kappa shape index (κ2) is 7.93. The number of hydrogen-bond donors (Lipinski definition) is 2. The number of ether oxygens (including phenoxy) is 1. The monoisotopic (exact) mass is 325 g/mol. The Morgan fingerprint density at radius 2 is 1.96 bits per heavy atom. The second-order valence-corrected chi connectivity index (χ2v) is 6.17. The predicted molar refractivity (Wildman–Crippen MR) is 93.0 cm³/mol. The minimum absolute atomic E-state index is 0.0690. The maximum atomic E-state index is 12.6. The molecule has 1 aliphatic carbocycles. The van der Waals surface area contributed by atoms with E-state index in [0.717, 1.165) is 19.3 Å². The maximum Gasteiger partial charge on any atom is 0.251 e. The van der Waals surface area contributed by atoms with Gasteiger partial charge in [0.2, 0.25) is 0 Å². The van der Waals surface area contributed by atoms with E-state index in [1.54, 1.807) is 36.7 Å². The van der Waals surface area contributed by atoms with Gasteiger partial charge in [0.15, 0.2) is 0 Å². The van der Waals surface area contributed by atoms with Crippen LogP contribution in [0.4, 0.5) is 0 Å². The fraction of sp³-hybridized carbons (Fsp3) is 0.368. The van der Waals surface area contributed by atoms with Crippen molar-refractivity contribution in [1.29, 1.82) is 0 Å². The van der Waals surface area contributed by atoms with Crippen molar-refractivity contribution < 1.29 is 9.53 Å². The summed E-state index contributed by atoms with van der Waals surface area (Å²) in [5.74, 6) is 1.63. The molecule has 5 nitrogen and oxygen atoms in total. The van der Waals surface area contributed by atoms with Crippen LogP contribution >= 0.6 is 0 Å². The number of nitrogens with zero attached hydrogens (tertiary/aromatic N) is 1. The highest BCUT2D eigenvalue weighted by molar-refractivity contribution is 5.94. The molecule has 3 N–H and O–H groups in total. The largest absolute Gasteiger partial charge is 0.457 e. The van der Waals surface area contributed by atoms with Gasteiger partial charge in [0, 0.05) is 24.0 Å². The van der Waals surface area contributed by atoms with Crippen LogP contribution in [0.3, 0.4) is 0 Å². The minimum atomic E-state index is -0.0690. The zero-order chi connectivity index (χ0) is 16.8. The van der Waals surface area contributed by atoms with Gasteiger partial charge in [-0.2, -0.15) is 0 Å². The number of nitrogens with one attached hydrogen (secondary N) is 1. The molecule has 5 heteroatoms. The number of carbonyl (C=O) groups excluding carboxylic acids is 1. The van der Waals surface area contributed by atoms with Crippen LogP contribution in [-0.2, 0) is 0 Å². The molecule has 126 valence electrons. The highest BCUT2D eigenvalue weighted by atomic mass is 16.5. The van der Waals surface area contributed by atoms with Gasteiger partial charge in [-0.15, -0.1) is 0 Å². The quantitative estimate of drug-likeness (QED) is 0.885. The first-order chi connectivity index (χ1) is 11.8. The van der Waals surface area contributed by atoms with Gasteiger partial charge < -0.3 is 15.8 Å². The number of rotatable bonds is 5. The maximum absolute atomic E-state index is 12.6. The van der Waals surface area contributed by atoms with E-state index in [2.05, 4.69) is 10.3 Å². The Bertz CT molecular complexity index is 675. The van der Waals surface area contributed by atoms with Crippen LogP contribution in [0, 0.1) is 5.92 Å². The molecule has 24 heavy (non-hydrogen) atoms. The number of pyridine rings is 1. The molecule has 2 aromatic rings. The van der Waals surface area contributed by atoms with Crippen LogP contribution in [-0.4, -0.2) is 23.5 Å². The molecule has 0 aliphatic heterocycles. The van der Waals surface area contributed by atoms with E-state index in [-0.39, 0.29) is 11.9 Å². The Morgan fingerprint density at radius 3 is 2.75 bits per heavy atom. The summed E-state index contributed by atoms with van der Waals surface area (Å²) in [5, 5.41) is 3.14. The predicted octanol–water partition coefficient (Wildman–Crippen LogP) is 3.12. The van der Waals surface area contributed by atoms with E-state index >= 15 is 0 Å². The molecule has 1 amide bonds. The third-order valence-corrected chi connectivity index (χ3v) is 4.51. The summed E-state index contributed by atoms with van der Waals surface area (Å²) in [7, 11) is 0. The lowest BCUT2D eigenvalue weighted by Gasteiger charge is -2.31. The molecule has 1 aliphatic rings. The van der Waals surface area contributed by atoms with Gasteiger partial charge in [-0.3, -0.25) is 9.78 Å². The summed E-state index contributed by atoms with van der Waals surface area (Å²) < 4.78 is 5.76. The van der Waals surface area contributed by atoms with E-state index in [0.29, 0.717) is 29.5 Å². The Balaban J connectivity index is 1.67. The highest BCUT2D eigenvalue weighted by Gasteiger charge is 2.25. The topological polar surface area (TPSA) is 77.2 Å². The lowest BCUT2D eigenvalue weighted by Crippen LogP contribution is -2.44. The third kappa shape index (κ3) is 4.11. The molecular weight excluding hydrogens is 302 g/mol. The van der Waals surface area contributed by atoms with Crippen molar-refractivity contribution in [3.63, 3.8) is 0 Å². The first-order valence-electron chi connectivity index (χ1n) is 8.45. The van der Waals surface area contributed by atoms with Crippen LogP contribution in [0.1, 0.15) is 36.0 Å². The summed E-state index contributed by atoms with van der Waals surface area (Å²) >= 11 is 0. The van der Waals surface area contributed by atoms with Gasteiger partial charge in [-0.05, 0) is 55.6 Å². The SMILES string of the molecule is NCC1CCCCC1NC(=O)c1cccc(Oc2ccncc2)c1. The van der Waals surface area contributed by atoms with Crippen LogP contribution in [0.2, 0.25) is 0 Å². The van der Waals surface area contributed by atoms with Crippen molar-refractivity contribution in [2.45, 2.75) is 31.7 Å². The molecule has 3 rings (SSSR count). The van der Waals surface area contributed by atoms with Crippen molar-refractivity contribution in [3.8, 4) is 11.5 Å². The zero-order valence-electron chi connectivity index (χ0n) is 13.7. The van der Waals surface area contributed by atoms with Gasteiger partial charge in [0.25, 0.3) is 5.91 Å². The fourth-order valence-corrected chi connectivity index (χ4v) is 3.17. The number of amides is 1. The Kier molecular flexibility index (Phi) is 5.43. The number of aromatic nitrogens is 1. The van der Waals surface area contributed by atoms with Crippen LogP contribution < -0.4 is 15.8 Å². The minimum Gasteiger partial charge on any atom is -0.457 e.